The molecule has 0 bridgehead atoms. The second-order valence-corrected chi connectivity index (χ2v) is 5.57. The van der Waals surface area contributed by atoms with Crippen molar-refractivity contribution in [3.63, 3.8) is 0 Å². The molecule has 23 heavy (non-hydrogen) atoms. The molecular formula is C15H18F2N2O4. The van der Waals surface area contributed by atoms with Crippen molar-refractivity contribution < 1.29 is 23.5 Å². The number of aryl methyl sites for hydroxylation is 2. The van der Waals surface area contributed by atoms with Crippen LogP contribution in [0.2, 0.25) is 0 Å². The Labute approximate surface area is 130 Å². The quantitative estimate of drug-likeness (QED) is 0.713. The summed E-state index contributed by atoms with van der Waals surface area (Å²) in [5.41, 5.74) is 0.745. The van der Waals surface area contributed by atoms with Gasteiger partial charge in [0.05, 0.1) is 0 Å². The van der Waals surface area contributed by atoms with E-state index in [0.29, 0.717) is 6.42 Å². The topological polar surface area (TPSA) is 99.3 Å². The van der Waals surface area contributed by atoms with E-state index < -0.39 is 36.3 Å². The number of aliphatic carboxylic acids is 1. The number of nitrogens with one attached hydrogen (secondary N) is 2. The summed E-state index contributed by atoms with van der Waals surface area (Å²) in [5.74, 6) is -2.52. The largest absolute Gasteiger partial charge is 0.480 e. The van der Waals surface area contributed by atoms with E-state index in [1.54, 1.807) is 0 Å². The number of aromatic nitrogens is 1. The van der Waals surface area contributed by atoms with Crippen LogP contribution in [0.15, 0.2) is 10.9 Å². The summed E-state index contributed by atoms with van der Waals surface area (Å²) in [7, 11) is 0. The summed E-state index contributed by atoms with van der Waals surface area (Å²) in [5, 5.41) is 10.9. The third kappa shape index (κ3) is 4.37. The number of carbonyl (C=O) groups excluding carboxylic acids is 1. The Kier molecular flexibility index (Phi) is 5.46. The number of carboxylic acid groups (broad SMARTS) is 1. The molecule has 0 saturated carbocycles. The van der Waals surface area contributed by atoms with Crippen LogP contribution in [-0.2, 0) is 17.6 Å². The van der Waals surface area contributed by atoms with Gasteiger partial charge in [-0.1, -0.05) is 6.42 Å². The number of carbonyl (C=O) groups is 2. The van der Waals surface area contributed by atoms with E-state index >= 15 is 0 Å². The summed E-state index contributed by atoms with van der Waals surface area (Å²) < 4.78 is 24.7. The lowest BCUT2D eigenvalue weighted by Crippen LogP contribution is -2.43. The molecule has 6 nitrogen and oxygen atoms in total. The first-order chi connectivity index (χ1) is 10.9. The predicted molar refractivity (Wildman–Crippen MR) is 77.8 cm³/mol. The second-order valence-electron chi connectivity index (χ2n) is 5.57. The van der Waals surface area contributed by atoms with Crippen LogP contribution in [0.25, 0.3) is 0 Å². The number of carboxylic acids is 1. The van der Waals surface area contributed by atoms with Crippen molar-refractivity contribution in [3.8, 4) is 0 Å². The van der Waals surface area contributed by atoms with Crippen LogP contribution >= 0.6 is 0 Å². The number of hydrogen-bond acceptors (Lipinski definition) is 3. The Morgan fingerprint density at radius 3 is 2.61 bits per heavy atom. The molecule has 1 amide bonds. The first-order valence-corrected chi connectivity index (χ1v) is 7.45. The molecule has 126 valence electrons. The van der Waals surface area contributed by atoms with Crippen molar-refractivity contribution in [1.29, 1.82) is 0 Å². The third-order valence-electron chi connectivity index (χ3n) is 3.85. The summed E-state index contributed by atoms with van der Waals surface area (Å²) in [6.45, 7) is 0. The van der Waals surface area contributed by atoms with E-state index in [9.17, 15) is 23.2 Å². The Balaban J connectivity index is 2.23. The van der Waals surface area contributed by atoms with Gasteiger partial charge in [0.25, 0.3) is 11.5 Å². The molecule has 1 aliphatic rings. The van der Waals surface area contributed by atoms with Crippen LogP contribution in [0.4, 0.5) is 8.78 Å². The fourth-order valence-corrected chi connectivity index (χ4v) is 2.66. The fourth-order valence-electron chi connectivity index (χ4n) is 2.66. The highest BCUT2D eigenvalue weighted by Crippen LogP contribution is 2.18. The molecule has 0 spiro atoms. The first-order valence-electron chi connectivity index (χ1n) is 7.45. The van der Waals surface area contributed by atoms with Crippen LogP contribution in [0.5, 0.6) is 0 Å². The molecule has 1 atom stereocenters. The van der Waals surface area contributed by atoms with Crippen LogP contribution in [-0.4, -0.2) is 34.4 Å². The zero-order valence-corrected chi connectivity index (χ0v) is 12.4. The highest BCUT2D eigenvalue weighted by atomic mass is 19.3. The number of hydrogen-bond donors (Lipinski definition) is 3. The van der Waals surface area contributed by atoms with E-state index in [4.69, 9.17) is 5.11 Å². The minimum atomic E-state index is -2.87. The highest BCUT2D eigenvalue weighted by molar-refractivity contribution is 5.96. The molecular weight excluding hydrogens is 310 g/mol. The van der Waals surface area contributed by atoms with Gasteiger partial charge in [-0.15, -0.1) is 0 Å². The average Bonchev–Trinajstić information content (AvgIpc) is 2.69. The maximum Gasteiger partial charge on any atom is 0.326 e. The van der Waals surface area contributed by atoms with E-state index in [1.807, 2.05) is 5.32 Å². The summed E-state index contributed by atoms with van der Waals surface area (Å²) in [6.07, 6.45) is 0.452. The third-order valence-corrected chi connectivity index (χ3v) is 3.85. The van der Waals surface area contributed by atoms with Gasteiger partial charge >= 0.3 is 5.97 Å². The van der Waals surface area contributed by atoms with Gasteiger partial charge in [-0.05, 0) is 37.3 Å². The van der Waals surface area contributed by atoms with Crippen LogP contribution in [0.1, 0.15) is 47.3 Å². The van der Waals surface area contributed by atoms with Gasteiger partial charge in [0.2, 0.25) is 6.43 Å². The van der Waals surface area contributed by atoms with Gasteiger partial charge in [-0.3, -0.25) is 9.59 Å². The average molecular weight is 328 g/mol. The molecule has 1 heterocycles. The van der Waals surface area contributed by atoms with Gasteiger partial charge in [-0.2, -0.15) is 0 Å². The van der Waals surface area contributed by atoms with Gasteiger partial charge in [0.1, 0.15) is 11.6 Å². The number of alkyl halides is 2. The molecule has 2 rings (SSSR count). The maximum atomic E-state index is 12.4. The van der Waals surface area contributed by atoms with E-state index in [1.165, 1.54) is 6.07 Å². The number of halogens is 2. The molecule has 3 N–H and O–H groups in total. The Hall–Kier alpha value is -2.25. The zero-order valence-electron chi connectivity index (χ0n) is 12.4. The van der Waals surface area contributed by atoms with Crippen LogP contribution < -0.4 is 10.9 Å². The molecule has 0 aromatic carbocycles. The molecule has 0 aliphatic heterocycles. The van der Waals surface area contributed by atoms with Gasteiger partial charge in [0.15, 0.2) is 0 Å². The first kappa shape index (κ1) is 17.1. The number of pyridine rings is 1. The molecule has 1 unspecified atom stereocenters. The number of aromatic amines is 1. The lowest BCUT2D eigenvalue weighted by molar-refractivity contribution is -0.140. The van der Waals surface area contributed by atoms with Crippen molar-refractivity contribution in [2.75, 3.05) is 0 Å². The van der Waals surface area contributed by atoms with E-state index in [2.05, 4.69) is 4.98 Å². The number of amides is 1. The van der Waals surface area contributed by atoms with Crippen LogP contribution in [0.3, 0.4) is 0 Å². The molecule has 0 fully saturated rings. The maximum absolute atomic E-state index is 12.4. The fraction of sp³-hybridized carbons (Fsp3) is 0.533. The molecule has 1 aromatic heterocycles. The van der Waals surface area contributed by atoms with Crippen molar-refractivity contribution in [3.05, 3.63) is 33.2 Å². The molecule has 8 heteroatoms. The monoisotopic (exact) mass is 328 g/mol. The van der Waals surface area contributed by atoms with Gasteiger partial charge in [0, 0.05) is 12.1 Å². The smallest absolute Gasteiger partial charge is 0.326 e. The Morgan fingerprint density at radius 1 is 1.26 bits per heavy atom. The molecule has 1 aromatic rings. The SMILES string of the molecule is O=C(NC(CC(F)F)C(=O)O)c1cc2c([nH]c1=O)CCCCC2. The van der Waals surface area contributed by atoms with Crippen molar-refractivity contribution >= 4 is 11.9 Å². The number of fused-ring (bicyclic) bond motifs is 1. The molecule has 0 saturated heterocycles. The Morgan fingerprint density at radius 2 is 1.96 bits per heavy atom. The van der Waals surface area contributed by atoms with E-state index in [-0.39, 0.29) is 5.56 Å². The van der Waals surface area contributed by atoms with Crippen LogP contribution in [0, 0.1) is 0 Å². The summed E-state index contributed by atoms with van der Waals surface area (Å²) in [4.78, 5) is 37.7. The Bertz CT molecular complexity index is 657. The zero-order chi connectivity index (χ0) is 17.0. The van der Waals surface area contributed by atoms with Gasteiger partial charge < -0.3 is 15.4 Å². The number of H-pyrrole nitrogens is 1. The highest BCUT2D eigenvalue weighted by Gasteiger charge is 2.26. The lowest BCUT2D eigenvalue weighted by Gasteiger charge is -2.14. The van der Waals surface area contributed by atoms with Crippen molar-refractivity contribution in [1.82, 2.24) is 10.3 Å². The second kappa shape index (κ2) is 7.34. The summed E-state index contributed by atoms with van der Waals surface area (Å²) in [6, 6.07) is -0.295. The normalized spacial score (nSPS) is 15.6. The molecule has 0 radical (unpaired) electrons. The minimum absolute atomic E-state index is 0.244. The van der Waals surface area contributed by atoms with Crippen molar-refractivity contribution in [2.45, 2.75) is 51.0 Å². The van der Waals surface area contributed by atoms with E-state index in [0.717, 1.165) is 36.9 Å². The summed E-state index contributed by atoms with van der Waals surface area (Å²) >= 11 is 0. The number of rotatable bonds is 5. The van der Waals surface area contributed by atoms with Crippen molar-refractivity contribution in [2.24, 2.45) is 0 Å². The standard InChI is InChI=1S/C15H18F2N2O4/c16-12(17)7-11(15(22)23)19-14(21)9-6-8-4-2-1-3-5-10(8)18-13(9)20/h6,11-12H,1-5,7H2,(H,18,20)(H,19,21)(H,22,23). The minimum Gasteiger partial charge on any atom is -0.480 e. The van der Waals surface area contributed by atoms with Gasteiger partial charge in [-0.25, -0.2) is 13.6 Å². The molecule has 1 aliphatic carbocycles. The lowest BCUT2D eigenvalue weighted by atomic mass is 10.1. The predicted octanol–water partition coefficient (Wildman–Crippen LogP) is 1.48.